The molecule has 1 saturated carbocycles. The molecule has 6 aromatic heterocycles. The highest BCUT2D eigenvalue weighted by atomic mass is 16.1. The van der Waals surface area contributed by atoms with Crippen molar-refractivity contribution in [2.24, 2.45) is 5.92 Å². The van der Waals surface area contributed by atoms with E-state index in [2.05, 4.69) is 46.5 Å². The lowest BCUT2D eigenvalue weighted by Crippen LogP contribution is -2.20. The maximum Gasteiger partial charge on any atom is 0.227 e. The molecule has 0 radical (unpaired) electrons. The lowest BCUT2D eigenvalue weighted by molar-refractivity contribution is -0.119. The summed E-state index contributed by atoms with van der Waals surface area (Å²) in [5, 5.41) is 12.7. The van der Waals surface area contributed by atoms with Gasteiger partial charge in [-0.15, -0.1) is 0 Å². The first kappa shape index (κ1) is 22.3. The van der Waals surface area contributed by atoms with Gasteiger partial charge in [0.05, 0.1) is 70.6 Å². The van der Waals surface area contributed by atoms with E-state index >= 15 is 0 Å². The molecular weight excluding hydrogens is 478 g/mol. The maximum absolute atomic E-state index is 12.6. The molecule has 1 fully saturated rings. The van der Waals surface area contributed by atoms with Gasteiger partial charge in [0, 0.05) is 34.6 Å². The fraction of sp³-hybridized carbons (Fsp3) is 0.214. The van der Waals surface area contributed by atoms with Crippen molar-refractivity contribution in [3.8, 4) is 28.3 Å². The van der Waals surface area contributed by atoms with E-state index in [-0.39, 0.29) is 11.8 Å². The van der Waals surface area contributed by atoms with Crippen LogP contribution in [0.15, 0.2) is 61.7 Å². The van der Waals surface area contributed by atoms with E-state index in [1.54, 1.807) is 24.9 Å². The molecule has 1 amide bonds. The van der Waals surface area contributed by atoms with Crippen LogP contribution >= 0.6 is 0 Å². The van der Waals surface area contributed by atoms with Gasteiger partial charge in [-0.25, -0.2) is 4.98 Å². The van der Waals surface area contributed by atoms with Crippen molar-refractivity contribution in [3.63, 3.8) is 0 Å². The Morgan fingerprint density at radius 3 is 2.68 bits per heavy atom. The molecule has 6 heterocycles. The molecule has 10 nitrogen and oxygen atoms in total. The Morgan fingerprint density at radius 1 is 0.974 bits per heavy atom. The number of anilines is 1. The topological polar surface area (TPSA) is 130 Å². The molecule has 1 aliphatic rings. The van der Waals surface area contributed by atoms with Crippen LogP contribution in [0.4, 0.5) is 5.69 Å². The average molecular weight is 504 g/mol. The number of H-pyrrole nitrogens is 2. The van der Waals surface area contributed by atoms with Crippen molar-refractivity contribution in [3.05, 3.63) is 67.4 Å². The van der Waals surface area contributed by atoms with Crippen LogP contribution in [-0.4, -0.2) is 45.6 Å². The predicted molar refractivity (Wildman–Crippen MR) is 145 cm³/mol. The highest BCUT2D eigenvalue weighted by molar-refractivity contribution is 5.98. The lowest BCUT2D eigenvalue weighted by atomic mass is 10.1. The maximum atomic E-state index is 12.6. The van der Waals surface area contributed by atoms with Gasteiger partial charge in [0.15, 0.2) is 0 Å². The lowest BCUT2D eigenvalue weighted by Gasteiger charge is -2.11. The number of hydrogen-bond donors (Lipinski definition) is 3. The Kier molecular flexibility index (Phi) is 5.24. The minimum Gasteiger partial charge on any atom is -0.352 e. The number of aryl methyl sites for hydroxylation is 1. The molecule has 0 aliphatic heterocycles. The largest absolute Gasteiger partial charge is 0.352 e. The summed E-state index contributed by atoms with van der Waals surface area (Å²) in [6.45, 7) is 1.96. The van der Waals surface area contributed by atoms with Crippen molar-refractivity contribution in [2.75, 3.05) is 5.32 Å². The molecule has 10 heteroatoms. The zero-order valence-electron chi connectivity index (χ0n) is 20.8. The molecule has 38 heavy (non-hydrogen) atoms. The van der Waals surface area contributed by atoms with E-state index in [4.69, 9.17) is 0 Å². The zero-order chi connectivity index (χ0) is 25.6. The Balaban J connectivity index is 1.24. The smallest absolute Gasteiger partial charge is 0.227 e. The van der Waals surface area contributed by atoms with Gasteiger partial charge >= 0.3 is 0 Å². The van der Waals surface area contributed by atoms with Gasteiger partial charge in [0.2, 0.25) is 5.91 Å². The van der Waals surface area contributed by atoms with E-state index in [1.165, 1.54) is 0 Å². The van der Waals surface area contributed by atoms with E-state index in [1.807, 2.05) is 42.2 Å². The summed E-state index contributed by atoms with van der Waals surface area (Å²) in [7, 11) is 0. The number of rotatable bonds is 5. The molecule has 7 rings (SSSR count). The van der Waals surface area contributed by atoms with Crippen LogP contribution in [0, 0.1) is 12.8 Å². The number of carbonyl (C=O) groups excluding carboxylic acids is 1. The summed E-state index contributed by atoms with van der Waals surface area (Å²) in [6.07, 6.45) is 16.7. The highest BCUT2D eigenvalue weighted by Gasteiger charge is 2.23. The second-order valence-corrected chi connectivity index (χ2v) is 9.85. The summed E-state index contributed by atoms with van der Waals surface area (Å²) in [6, 6.07) is 6.00. The van der Waals surface area contributed by atoms with Gasteiger partial charge in [0.1, 0.15) is 5.69 Å². The third-order valence-electron chi connectivity index (χ3n) is 7.24. The van der Waals surface area contributed by atoms with Crippen LogP contribution in [-0.2, 0) is 4.79 Å². The molecule has 0 bridgehead atoms. The number of pyridine rings is 3. The summed E-state index contributed by atoms with van der Waals surface area (Å²) >= 11 is 0. The SMILES string of the molecule is Cc1cn(-c2cncc3[nH]c(-c4n[nH]c5cnc(-c6cncc(NC(=O)C7CCCC7)c6)cc45)cc23)cn1. The van der Waals surface area contributed by atoms with E-state index in [0.29, 0.717) is 5.69 Å². The van der Waals surface area contributed by atoms with Crippen molar-refractivity contribution < 1.29 is 4.79 Å². The normalized spacial score (nSPS) is 14.0. The Labute approximate surface area is 217 Å². The molecule has 0 atom stereocenters. The van der Waals surface area contributed by atoms with Crippen molar-refractivity contribution in [2.45, 2.75) is 32.6 Å². The van der Waals surface area contributed by atoms with Crippen molar-refractivity contribution in [1.82, 2.24) is 39.7 Å². The highest BCUT2D eigenvalue weighted by Crippen LogP contribution is 2.33. The average Bonchev–Trinajstić information content (AvgIpc) is 3.74. The Hall–Kier alpha value is -4.86. The first-order valence-electron chi connectivity index (χ1n) is 12.7. The van der Waals surface area contributed by atoms with Crippen LogP contribution in [0.2, 0.25) is 0 Å². The number of aromatic amines is 2. The van der Waals surface area contributed by atoms with Crippen LogP contribution in [0.1, 0.15) is 31.4 Å². The van der Waals surface area contributed by atoms with E-state index in [0.717, 1.165) is 81.5 Å². The molecule has 0 saturated heterocycles. The summed E-state index contributed by atoms with van der Waals surface area (Å²) in [4.78, 5) is 33.8. The van der Waals surface area contributed by atoms with Gasteiger partial charge in [0.25, 0.3) is 0 Å². The second-order valence-electron chi connectivity index (χ2n) is 9.85. The number of aromatic nitrogens is 8. The number of nitrogens with zero attached hydrogens (tertiary/aromatic N) is 6. The van der Waals surface area contributed by atoms with E-state index in [9.17, 15) is 4.79 Å². The van der Waals surface area contributed by atoms with Crippen molar-refractivity contribution >= 4 is 33.4 Å². The summed E-state index contributed by atoms with van der Waals surface area (Å²) in [5.41, 5.74) is 7.51. The molecule has 0 spiro atoms. The van der Waals surface area contributed by atoms with Gasteiger partial charge in [-0.05, 0) is 38.0 Å². The van der Waals surface area contributed by atoms with Gasteiger partial charge < -0.3 is 14.9 Å². The number of amides is 1. The second kappa shape index (κ2) is 8.91. The van der Waals surface area contributed by atoms with Gasteiger partial charge in [-0.2, -0.15) is 5.10 Å². The molecule has 3 N–H and O–H groups in total. The third kappa shape index (κ3) is 3.90. The molecule has 6 aromatic rings. The predicted octanol–water partition coefficient (Wildman–Crippen LogP) is 5.19. The minimum absolute atomic E-state index is 0.0699. The first-order valence-corrected chi connectivity index (χ1v) is 12.7. The van der Waals surface area contributed by atoms with Gasteiger partial charge in [-0.1, -0.05) is 12.8 Å². The standard InChI is InChI=1S/C28H25N9O/c1-16-14-37(15-32-16)26-13-30-11-24-20(26)7-23(34-24)27-21-8-22(31-12-25(21)35-36-27)18-6-19(10-29-9-18)33-28(38)17-4-2-3-5-17/h6-15,17,34H,2-5H2,1H3,(H,33,38)(H,35,36). The Morgan fingerprint density at radius 2 is 1.84 bits per heavy atom. The molecule has 0 unspecified atom stereocenters. The molecular formula is C28H25N9O. The number of fused-ring (bicyclic) bond motifs is 2. The third-order valence-corrected chi connectivity index (χ3v) is 7.24. The minimum atomic E-state index is 0.0699. The summed E-state index contributed by atoms with van der Waals surface area (Å²) in [5.74, 6) is 0.159. The van der Waals surface area contributed by atoms with Crippen LogP contribution in [0.25, 0.3) is 50.1 Å². The van der Waals surface area contributed by atoms with Crippen LogP contribution in [0.3, 0.4) is 0 Å². The number of nitrogens with one attached hydrogen (secondary N) is 3. The number of carbonyl (C=O) groups is 1. The molecule has 1 aliphatic carbocycles. The summed E-state index contributed by atoms with van der Waals surface area (Å²) < 4.78 is 1.97. The number of hydrogen-bond acceptors (Lipinski definition) is 6. The number of imidazole rings is 1. The van der Waals surface area contributed by atoms with Crippen LogP contribution in [0.5, 0.6) is 0 Å². The zero-order valence-corrected chi connectivity index (χ0v) is 20.8. The molecule has 0 aromatic carbocycles. The monoisotopic (exact) mass is 503 g/mol. The van der Waals surface area contributed by atoms with Crippen molar-refractivity contribution in [1.29, 1.82) is 0 Å². The Bertz CT molecular complexity index is 1810. The van der Waals surface area contributed by atoms with E-state index < -0.39 is 0 Å². The quantitative estimate of drug-likeness (QED) is 0.297. The van der Waals surface area contributed by atoms with Crippen LogP contribution < -0.4 is 5.32 Å². The molecule has 188 valence electrons. The fourth-order valence-corrected chi connectivity index (χ4v) is 5.28. The first-order chi connectivity index (χ1) is 18.6. The van der Waals surface area contributed by atoms with Gasteiger partial charge in [-0.3, -0.25) is 24.8 Å². The fourth-order valence-electron chi connectivity index (χ4n) is 5.28.